The van der Waals surface area contributed by atoms with Crippen molar-refractivity contribution in [3.8, 4) is 0 Å². The number of nitrogens with two attached hydrogens (primary N) is 1. The largest absolute Gasteiger partial charge is 0.542 e. The van der Waals surface area contributed by atoms with Crippen molar-refractivity contribution < 1.29 is 27.9 Å². The van der Waals surface area contributed by atoms with Crippen molar-refractivity contribution in [1.82, 2.24) is 14.4 Å². The molecular formula is C29H29BrF3N5O3. The fourth-order valence-corrected chi connectivity index (χ4v) is 4.43. The number of quaternary nitrogens is 1. The van der Waals surface area contributed by atoms with Crippen LogP contribution in [0.2, 0.25) is 0 Å². The summed E-state index contributed by atoms with van der Waals surface area (Å²) in [6, 6.07) is 23.7. The Kier molecular flexibility index (Phi) is 9.61. The Bertz CT molecular complexity index is 1580. The molecular weight excluding hydrogens is 603 g/mol. The highest BCUT2D eigenvalue weighted by molar-refractivity contribution is 9.10. The molecule has 0 aliphatic rings. The number of amidine groups is 1. The number of hydrogen-bond donors (Lipinski definition) is 3. The fourth-order valence-electron chi connectivity index (χ4n) is 3.96. The molecule has 1 aromatic heterocycles. The highest BCUT2D eigenvalue weighted by Gasteiger charge is 2.28. The summed E-state index contributed by atoms with van der Waals surface area (Å²) < 4.78 is 35.2. The van der Waals surface area contributed by atoms with Gasteiger partial charge in [0.2, 0.25) is 0 Å². The first kappa shape index (κ1) is 31.4. The van der Waals surface area contributed by atoms with Gasteiger partial charge in [0.1, 0.15) is 23.2 Å². The number of carbonyl (C=O) groups is 2. The number of aliphatic carboxylic acids is 1. The van der Waals surface area contributed by atoms with Crippen molar-refractivity contribution in [2.24, 2.45) is 5.73 Å². The van der Waals surface area contributed by atoms with Crippen LogP contribution in [0.4, 0.5) is 18.9 Å². The van der Waals surface area contributed by atoms with E-state index in [9.17, 15) is 18.0 Å². The first-order valence-corrected chi connectivity index (χ1v) is 13.1. The second-order valence-corrected chi connectivity index (χ2v) is 10.9. The van der Waals surface area contributed by atoms with E-state index in [4.69, 9.17) is 21.0 Å². The van der Waals surface area contributed by atoms with Crippen LogP contribution in [-0.4, -0.2) is 49.6 Å². The van der Waals surface area contributed by atoms with Crippen molar-refractivity contribution in [1.29, 1.82) is 5.41 Å². The van der Waals surface area contributed by atoms with Crippen molar-refractivity contribution in [2.75, 3.05) is 21.1 Å². The predicted molar refractivity (Wildman–Crippen MR) is 154 cm³/mol. The van der Waals surface area contributed by atoms with Crippen LogP contribution in [0.5, 0.6) is 0 Å². The Morgan fingerprint density at radius 1 is 1.00 bits per heavy atom. The van der Waals surface area contributed by atoms with Crippen LogP contribution in [0.15, 0.2) is 77.3 Å². The summed E-state index contributed by atoms with van der Waals surface area (Å²) in [4.78, 5) is 22.1. The molecule has 0 aliphatic carbocycles. The Morgan fingerprint density at radius 3 is 2.17 bits per heavy atom. The highest BCUT2D eigenvalue weighted by Crippen LogP contribution is 2.28. The molecule has 41 heavy (non-hydrogen) atoms. The number of nitrogens with one attached hydrogen (secondary N) is 2. The van der Waals surface area contributed by atoms with E-state index in [0.717, 1.165) is 31.0 Å². The van der Waals surface area contributed by atoms with Gasteiger partial charge in [-0.2, -0.15) is 13.2 Å². The number of halogens is 4. The van der Waals surface area contributed by atoms with Crippen LogP contribution in [0.25, 0.3) is 10.9 Å². The van der Waals surface area contributed by atoms with E-state index in [0.29, 0.717) is 24.3 Å². The summed E-state index contributed by atoms with van der Waals surface area (Å²) in [5, 5.41) is 20.6. The summed E-state index contributed by atoms with van der Waals surface area (Å²) in [5.41, 5.74) is 11.1. The number of rotatable bonds is 7. The summed E-state index contributed by atoms with van der Waals surface area (Å²) in [6.45, 7) is 0.931. The average molecular weight is 632 g/mol. The third kappa shape index (κ3) is 8.18. The van der Waals surface area contributed by atoms with E-state index in [1.165, 1.54) is 5.69 Å². The predicted octanol–water partition coefficient (Wildman–Crippen LogP) is 4.16. The van der Waals surface area contributed by atoms with E-state index < -0.39 is 12.1 Å². The third-order valence-electron chi connectivity index (χ3n) is 6.10. The number of carboxylic acid groups (broad SMARTS) is 1. The second kappa shape index (κ2) is 12.6. The number of carboxylic acids is 1. The van der Waals surface area contributed by atoms with Gasteiger partial charge in [-0.25, -0.2) is 0 Å². The van der Waals surface area contributed by atoms with Gasteiger partial charge in [-0.05, 0) is 47.5 Å². The Labute approximate surface area is 243 Å². The maximum atomic E-state index is 13.3. The maximum absolute atomic E-state index is 13.3. The molecule has 0 aliphatic heterocycles. The lowest BCUT2D eigenvalue weighted by Crippen LogP contribution is -2.37. The lowest BCUT2D eigenvalue weighted by atomic mass is 10.1. The monoisotopic (exact) mass is 631 g/mol. The minimum atomic E-state index is -5.19. The molecule has 4 rings (SSSR count). The van der Waals surface area contributed by atoms with Crippen LogP contribution in [-0.2, 0) is 17.9 Å². The smallest absolute Gasteiger partial charge is 0.430 e. The molecule has 0 unspecified atom stereocenters. The van der Waals surface area contributed by atoms with Crippen LogP contribution in [0, 0.1) is 5.41 Å². The van der Waals surface area contributed by atoms with Crippen molar-refractivity contribution in [3.05, 3.63) is 99.7 Å². The first-order valence-electron chi connectivity index (χ1n) is 12.3. The Balaban J connectivity index is 0.000000587. The fraction of sp³-hybridized carbons (Fsp3) is 0.207. The number of nitrogen functional groups attached to an aromatic ring is 1. The van der Waals surface area contributed by atoms with Gasteiger partial charge in [0.05, 0.1) is 26.7 Å². The zero-order valence-electron chi connectivity index (χ0n) is 22.6. The van der Waals surface area contributed by atoms with Gasteiger partial charge in [-0.3, -0.25) is 14.7 Å². The van der Waals surface area contributed by atoms with Gasteiger partial charge in [-0.15, -0.1) is 0 Å². The molecule has 4 aromatic rings. The average Bonchev–Trinajstić information content (AvgIpc) is 3.26. The van der Waals surface area contributed by atoms with Gasteiger partial charge >= 0.3 is 6.18 Å². The van der Waals surface area contributed by atoms with E-state index in [1.54, 1.807) is 0 Å². The molecule has 8 nitrogen and oxygen atoms in total. The number of amides is 1. The summed E-state index contributed by atoms with van der Waals surface area (Å²) in [6.07, 6.45) is -5.19. The van der Waals surface area contributed by atoms with Crippen LogP contribution < -0.4 is 20.6 Å². The van der Waals surface area contributed by atoms with Crippen LogP contribution in [0.3, 0.4) is 0 Å². The lowest BCUT2D eigenvalue weighted by Gasteiger charge is -2.23. The molecule has 4 N–H and O–H groups in total. The molecule has 0 saturated heterocycles. The number of fused-ring (bicyclic) bond motifs is 1. The van der Waals surface area contributed by atoms with E-state index in [2.05, 4.69) is 66.7 Å². The van der Waals surface area contributed by atoms with E-state index in [1.807, 2.05) is 53.1 Å². The number of alkyl halides is 3. The van der Waals surface area contributed by atoms with Crippen molar-refractivity contribution in [3.63, 3.8) is 0 Å². The molecule has 216 valence electrons. The summed E-state index contributed by atoms with van der Waals surface area (Å²) >= 11 is 3.62. The lowest BCUT2D eigenvalue weighted by molar-refractivity contribution is -0.344. The molecule has 12 heteroatoms. The van der Waals surface area contributed by atoms with Crippen molar-refractivity contribution in [2.45, 2.75) is 19.3 Å². The molecule has 0 spiro atoms. The number of carbonyl (C=O) groups excluding carboxylic acids is 2. The normalized spacial score (nSPS) is 11.5. The number of benzene rings is 3. The summed E-state index contributed by atoms with van der Waals surface area (Å²) in [5.74, 6) is -3.12. The van der Waals surface area contributed by atoms with Gasteiger partial charge in [-0.1, -0.05) is 52.3 Å². The van der Waals surface area contributed by atoms with Crippen LogP contribution in [0.1, 0.15) is 27.2 Å². The molecule has 1 amide bonds. The van der Waals surface area contributed by atoms with Crippen molar-refractivity contribution >= 4 is 50.2 Å². The second-order valence-electron chi connectivity index (χ2n) is 10.0. The minimum Gasteiger partial charge on any atom is -0.542 e. The van der Waals surface area contributed by atoms with Gasteiger partial charge in [0, 0.05) is 28.5 Å². The Hall–Kier alpha value is -4.16. The SMILES string of the molecule is C[N+](C)(C)c1ccc(CNC(=O)c2cc3c(Br)cccc3n2Cc2cccc(C(=N)N)c2)cc1.O=C([O-])C(F)(F)F. The number of aromatic nitrogens is 1. The molecule has 1 heterocycles. The van der Waals surface area contributed by atoms with Crippen LogP contribution >= 0.6 is 15.9 Å². The molecule has 0 bridgehead atoms. The number of hydrogen-bond acceptors (Lipinski definition) is 4. The topological polar surface area (TPSA) is 124 Å². The standard InChI is InChI=1S/C27H28BrN5O.C2HF3O2/c1-33(2,3)21-12-10-18(11-13-21)16-31-27(34)25-15-22-23(28)8-5-9-24(22)32(25)17-19-6-4-7-20(14-19)26(29)30;3-2(4,5)1(6)7/h4-15H,16-17H2,1-3H3,(H3-,29,30,31,34);(H,6,7). The zero-order valence-corrected chi connectivity index (χ0v) is 24.1. The molecule has 3 aromatic carbocycles. The van der Waals surface area contributed by atoms with Gasteiger partial charge in [0.25, 0.3) is 5.91 Å². The minimum absolute atomic E-state index is 0.0243. The number of nitrogens with zero attached hydrogens (tertiary/aromatic N) is 2. The molecule has 0 atom stereocenters. The molecule has 0 radical (unpaired) electrons. The quantitative estimate of drug-likeness (QED) is 0.161. The van der Waals surface area contributed by atoms with E-state index in [-0.39, 0.29) is 11.7 Å². The highest BCUT2D eigenvalue weighted by atomic mass is 79.9. The Morgan fingerprint density at radius 2 is 1.61 bits per heavy atom. The van der Waals surface area contributed by atoms with Gasteiger partial charge < -0.3 is 25.5 Å². The summed E-state index contributed by atoms with van der Waals surface area (Å²) in [7, 11) is 6.37. The van der Waals surface area contributed by atoms with Gasteiger partial charge in [0.15, 0.2) is 0 Å². The van der Waals surface area contributed by atoms with E-state index >= 15 is 0 Å². The third-order valence-corrected chi connectivity index (χ3v) is 6.79. The zero-order chi connectivity index (χ0) is 30.5. The first-order chi connectivity index (χ1) is 19.1. The molecule has 0 saturated carbocycles. The molecule has 0 fully saturated rings. The maximum Gasteiger partial charge on any atom is 0.430 e.